The van der Waals surface area contributed by atoms with Crippen LogP contribution in [0.1, 0.15) is 25.6 Å². The van der Waals surface area contributed by atoms with Crippen LogP contribution in [0.5, 0.6) is 5.75 Å². The topological polar surface area (TPSA) is 81.1 Å². The highest BCUT2D eigenvalue weighted by Gasteiger charge is 2.08. The summed E-state index contributed by atoms with van der Waals surface area (Å²) in [6.45, 7) is 3.05. The molecule has 1 aromatic heterocycles. The van der Waals surface area contributed by atoms with Crippen molar-refractivity contribution >= 4 is 11.7 Å². The van der Waals surface area contributed by atoms with E-state index in [0.29, 0.717) is 30.4 Å². The van der Waals surface area contributed by atoms with Gasteiger partial charge in [0.25, 0.3) is 0 Å². The number of carbonyl (C=O) groups excluding carboxylic acids is 1. The van der Waals surface area contributed by atoms with E-state index in [2.05, 4.69) is 27.8 Å². The molecule has 0 unspecified atom stereocenters. The standard InChI is InChI=1S/C15H21N5O2/c1-3-4-9-22-13-8-6-5-7-12(13)18-15(21)16-10-14-19-17-11-20(14)2/h5-8,11H,3-4,9-10H2,1-2H3,(H2,16,18,21). The van der Waals surface area contributed by atoms with Gasteiger partial charge in [0, 0.05) is 7.05 Å². The van der Waals surface area contributed by atoms with E-state index in [1.54, 1.807) is 10.9 Å². The predicted octanol–water partition coefficient (Wildman–Crippen LogP) is 2.32. The summed E-state index contributed by atoms with van der Waals surface area (Å²) in [5.41, 5.74) is 0.647. The largest absolute Gasteiger partial charge is 0.491 e. The molecule has 0 radical (unpaired) electrons. The van der Waals surface area contributed by atoms with Crippen molar-refractivity contribution in [3.05, 3.63) is 36.4 Å². The maximum atomic E-state index is 12.0. The molecule has 7 heteroatoms. The molecule has 0 spiro atoms. The van der Waals surface area contributed by atoms with Crippen LogP contribution >= 0.6 is 0 Å². The highest BCUT2D eigenvalue weighted by molar-refractivity contribution is 5.90. The Kier molecular flexibility index (Phi) is 5.76. The minimum Gasteiger partial charge on any atom is -0.491 e. The number of benzene rings is 1. The molecule has 0 aliphatic heterocycles. The van der Waals surface area contributed by atoms with Crippen LogP contribution in [-0.2, 0) is 13.6 Å². The molecule has 7 nitrogen and oxygen atoms in total. The summed E-state index contributed by atoms with van der Waals surface area (Å²) in [6, 6.07) is 7.07. The fraction of sp³-hybridized carbons (Fsp3) is 0.400. The van der Waals surface area contributed by atoms with Crippen molar-refractivity contribution in [2.45, 2.75) is 26.3 Å². The molecule has 118 valence electrons. The number of urea groups is 1. The zero-order valence-electron chi connectivity index (χ0n) is 12.9. The number of ether oxygens (including phenoxy) is 1. The molecule has 0 bridgehead atoms. The lowest BCUT2D eigenvalue weighted by Gasteiger charge is -2.12. The number of hydrogen-bond acceptors (Lipinski definition) is 4. The van der Waals surface area contributed by atoms with E-state index in [-0.39, 0.29) is 6.03 Å². The molecular formula is C15H21N5O2. The fourth-order valence-electron chi connectivity index (χ4n) is 1.82. The van der Waals surface area contributed by atoms with Crippen molar-refractivity contribution in [2.75, 3.05) is 11.9 Å². The summed E-state index contributed by atoms with van der Waals surface area (Å²) in [5.74, 6) is 1.35. The van der Waals surface area contributed by atoms with Gasteiger partial charge in [-0.15, -0.1) is 10.2 Å². The van der Waals surface area contributed by atoms with E-state index in [9.17, 15) is 4.79 Å². The first-order chi connectivity index (χ1) is 10.7. The molecule has 1 heterocycles. The summed E-state index contributed by atoms with van der Waals surface area (Å²) in [4.78, 5) is 12.0. The van der Waals surface area contributed by atoms with Crippen molar-refractivity contribution in [3.8, 4) is 5.75 Å². The number of para-hydroxylation sites is 2. The van der Waals surface area contributed by atoms with Crippen LogP contribution in [0.25, 0.3) is 0 Å². The van der Waals surface area contributed by atoms with Crippen molar-refractivity contribution < 1.29 is 9.53 Å². The van der Waals surface area contributed by atoms with Crippen molar-refractivity contribution in [3.63, 3.8) is 0 Å². The number of aryl methyl sites for hydroxylation is 1. The van der Waals surface area contributed by atoms with E-state index < -0.39 is 0 Å². The lowest BCUT2D eigenvalue weighted by molar-refractivity contribution is 0.251. The summed E-state index contributed by atoms with van der Waals surface area (Å²) in [7, 11) is 1.83. The third-order valence-electron chi connectivity index (χ3n) is 3.10. The second kappa shape index (κ2) is 8.02. The summed E-state index contributed by atoms with van der Waals surface area (Å²) in [5, 5.41) is 13.2. The zero-order valence-corrected chi connectivity index (χ0v) is 12.9. The third kappa shape index (κ3) is 4.47. The Labute approximate surface area is 129 Å². The molecule has 2 aromatic rings. The van der Waals surface area contributed by atoms with Gasteiger partial charge in [-0.1, -0.05) is 25.5 Å². The van der Waals surface area contributed by atoms with Gasteiger partial charge in [0.15, 0.2) is 5.82 Å². The van der Waals surface area contributed by atoms with Crippen LogP contribution in [0.2, 0.25) is 0 Å². The van der Waals surface area contributed by atoms with Crippen molar-refractivity contribution in [1.82, 2.24) is 20.1 Å². The lowest BCUT2D eigenvalue weighted by Crippen LogP contribution is -2.29. The summed E-state index contributed by atoms with van der Waals surface area (Å²) < 4.78 is 7.43. The molecule has 2 rings (SSSR count). The molecule has 1 aromatic carbocycles. The van der Waals surface area contributed by atoms with Gasteiger partial charge in [-0.2, -0.15) is 0 Å². The predicted molar refractivity (Wildman–Crippen MR) is 83.7 cm³/mol. The molecule has 0 fully saturated rings. The van der Waals surface area contributed by atoms with E-state index >= 15 is 0 Å². The first kappa shape index (κ1) is 15.8. The number of nitrogens with zero attached hydrogens (tertiary/aromatic N) is 3. The van der Waals surface area contributed by atoms with Gasteiger partial charge in [0.05, 0.1) is 18.8 Å². The van der Waals surface area contributed by atoms with Crippen LogP contribution in [0.3, 0.4) is 0 Å². The SMILES string of the molecule is CCCCOc1ccccc1NC(=O)NCc1nncn1C. The van der Waals surface area contributed by atoms with Crippen LogP contribution in [0.4, 0.5) is 10.5 Å². The molecule has 2 amide bonds. The average molecular weight is 303 g/mol. The van der Waals surface area contributed by atoms with E-state index in [1.807, 2.05) is 31.3 Å². The summed E-state index contributed by atoms with van der Waals surface area (Å²) in [6.07, 6.45) is 3.63. The highest BCUT2D eigenvalue weighted by atomic mass is 16.5. The number of aromatic nitrogens is 3. The van der Waals surface area contributed by atoms with Crippen LogP contribution < -0.4 is 15.4 Å². The third-order valence-corrected chi connectivity index (χ3v) is 3.10. The Morgan fingerprint density at radius 3 is 2.91 bits per heavy atom. The number of hydrogen-bond donors (Lipinski definition) is 2. The van der Waals surface area contributed by atoms with Gasteiger partial charge in [0.1, 0.15) is 12.1 Å². The Bertz CT molecular complexity index is 611. The van der Waals surface area contributed by atoms with Gasteiger partial charge >= 0.3 is 6.03 Å². The Morgan fingerprint density at radius 2 is 2.18 bits per heavy atom. The number of rotatable bonds is 7. The lowest BCUT2D eigenvalue weighted by atomic mass is 10.3. The van der Waals surface area contributed by atoms with Crippen molar-refractivity contribution in [1.29, 1.82) is 0 Å². The van der Waals surface area contributed by atoms with Gasteiger partial charge in [-0.05, 0) is 18.6 Å². The average Bonchev–Trinajstić information content (AvgIpc) is 2.92. The molecule has 0 saturated heterocycles. The normalized spacial score (nSPS) is 10.3. The van der Waals surface area contributed by atoms with E-state index in [1.165, 1.54) is 0 Å². The highest BCUT2D eigenvalue weighted by Crippen LogP contribution is 2.23. The minimum atomic E-state index is -0.311. The fourth-order valence-corrected chi connectivity index (χ4v) is 1.82. The van der Waals surface area contributed by atoms with Gasteiger partial charge in [-0.3, -0.25) is 0 Å². The molecule has 0 saturated carbocycles. The second-order valence-corrected chi connectivity index (χ2v) is 4.86. The quantitative estimate of drug-likeness (QED) is 0.769. The number of amides is 2. The maximum Gasteiger partial charge on any atom is 0.319 e. The van der Waals surface area contributed by atoms with Gasteiger partial charge in [0.2, 0.25) is 0 Å². The number of unbranched alkanes of at least 4 members (excludes halogenated alkanes) is 1. The van der Waals surface area contributed by atoms with E-state index in [0.717, 1.165) is 12.8 Å². The second-order valence-electron chi connectivity index (χ2n) is 4.86. The maximum absolute atomic E-state index is 12.0. The van der Waals surface area contributed by atoms with Crippen LogP contribution in [-0.4, -0.2) is 27.4 Å². The molecular weight excluding hydrogens is 282 g/mol. The monoisotopic (exact) mass is 303 g/mol. The number of anilines is 1. The van der Waals surface area contributed by atoms with Crippen molar-refractivity contribution in [2.24, 2.45) is 7.05 Å². The Morgan fingerprint density at radius 1 is 1.36 bits per heavy atom. The Balaban J connectivity index is 1.89. The van der Waals surface area contributed by atoms with E-state index in [4.69, 9.17) is 4.74 Å². The molecule has 0 aliphatic carbocycles. The molecule has 0 aliphatic rings. The number of nitrogens with one attached hydrogen (secondary N) is 2. The smallest absolute Gasteiger partial charge is 0.319 e. The molecule has 0 atom stereocenters. The zero-order chi connectivity index (χ0) is 15.8. The minimum absolute atomic E-state index is 0.307. The molecule has 2 N–H and O–H groups in total. The number of carbonyl (C=O) groups is 1. The van der Waals surface area contributed by atoms with Crippen LogP contribution in [0, 0.1) is 0 Å². The first-order valence-electron chi connectivity index (χ1n) is 7.30. The van der Waals surface area contributed by atoms with Gasteiger partial charge in [-0.25, -0.2) is 4.79 Å². The first-order valence-corrected chi connectivity index (χ1v) is 7.30. The molecule has 22 heavy (non-hydrogen) atoms. The Hall–Kier alpha value is -2.57. The van der Waals surface area contributed by atoms with Crippen LogP contribution in [0.15, 0.2) is 30.6 Å². The summed E-state index contributed by atoms with van der Waals surface area (Å²) >= 11 is 0. The van der Waals surface area contributed by atoms with Gasteiger partial charge < -0.3 is 19.9 Å².